The Hall–Kier alpha value is -2.63. The zero-order valence-electron chi connectivity index (χ0n) is 16.8. The summed E-state index contributed by atoms with van der Waals surface area (Å²) in [6.07, 6.45) is 3.47. The molecule has 2 aliphatic heterocycles. The number of benzene rings is 1. The zero-order valence-corrected chi connectivity index (χ0v) is 16.8. The van der Waals surface area contributed by atoms with Crippen LogP contribution < -0.4 is 4.90 Å². The molecule has 4 rings (SSSR count). The van der Waals surface area contributed by atoms with E-state index in [1.165, 1.54) is 5.56 Å². The minimum absolute atomic E-state index is 0.00833. The van der Waals surface area contributed by atoms with Gasteiger partial charge in [0.15, 0.2) is 0 Å². The predicted octanol–water partition coefficient (Wildman–Crippen LogP) is 3.33. The molecule has 0 radical (unpaired) electrons. The van der Waals surface area contributed by atoms with Gasteiger partial charge in [0.1, 0.15) is 11.3 Å². The van der Waals surface area contributed by atoms with Crippen LogP contribution in [0.5, 0.6) is 0 Å². The quantitative estimate of drug-likeness (QED) is 0.818. The minimum atomic E-state index is -0.709. The molecule has 2 fully saturated rings. The first kappa shape index (κ1) is 18.7. The summed E-state index contributed by atoms with van der Waals surface area (Å²) in [5.74, 6) is 0.730. The van der Waals surface area contributed by atoms with E-state index in [4.69, 9.17) is 4.52 Å². The first-order chi connectivity index (χ1) is 13.4. The highest BCUT2D eigenvalue weighted by atomic mass is 16.5. The maximum Gasteiger partial charge on any atom is 0.252 e. The minimum Gasteiger partial charge on any atom is -0.361 e. The Kier molecular flexibility index (Phi) is 4.73. The topological polar surface area (TPSA) is 66.7 Å². The summed E-state index contributed by atoms with van der Waals surface area (Å²) in [5.41, 5.74) is 2.96. The molecule has 28 heavy (non-hydrogen) atoms. The predicted molar refractivity (Wildman–Crippen MR) is 106 cm³/mol. The maximum absolute atomic E-state index is 13.6. The molecule has 6 heteroatoms. The average molecular weight is 381 g/mol. The van der Waals surface area contributed by atoms with Crippen molar-refractivity contribution in [2.45, 2.75) is 58.4 Å². The van der Waals surface area contributed by atoms with Gasteiger partial charge in [-0.3, -0.25) is 9.59 Å². The SMILES string of the molecule is Cc1ccc(N2CCCC3(CCCN3C(=O)Cc3c(C)noc3C)C2=O)cc1. The lowest BCUT2D eigenvalue weighted by Crippen LogP contribution is -2.61. The van der Waals surface area contributed by atoms with Gasteiger partial charge in [-0.1, -0.05) is 22.9 Å². The molecule has 6 nitrogen and oxygen atoms in total. The fraction of sp³-hybridized carbons (Fsp3) is 0.500. The van der Waals surface area contributed by atoms with Crippen LogP contribution in [0, 0.1) is 20.8 Å². The largest absolute Gasteiger partial charge is 0.361 e. The maximum atomic E-state index is 13.6. The van der Waals surface area contributed by atoms with E-state index < -0.39 is 5.54 Å². The van der Waals surface area contributed by atoms with Crippen molar-refractivity contribution in [1.82, 2.24) is 10.1 Å². The Morgan fingerprint density at radius 3 is 2.43 bits per heavy atom. The van der Waals surface area contributed by atoms with Crippen molar-refractivity contribution >= 4 is 17.5 Å². The van der Waals surface area contributed by atoms with Crippen molar-refractivity contribution < 1.29 is 14.1 Å². The number of hydrogen-bond acceptors (Lipinski definition) is 4. The number of carbonyl (C=O) groups is 2. The number of aryl methyl sites for hydroxylation is 3. The number of hydrogen-bond donors (Lipinski definition) is 0. The summed E-state index contributed by atoms with van der Waals surface area (Å²) < 4.78 is 5.21. The normalized spacial score (nSPS) is 22.3. The molecule has 1 aromatic carbocycles. The molecule has 2 amide bonds. The molecule has 0 saturated carbocycles. The molecule has 0 bridgehead atoms. The molecule has 1 aromatic heterocycles. The Labute approximate surface area is 165 Å². The number of carbonyl (C=O) groups excluding carboxylic acids is 2. The lowest BCUT2D eigenvalue weighted by molar-refractivity contribution is -0.144. The van der Waals surface area contributed by atoms with Gasteiger partial charge in [0.25, 0.3) is 5.91 Å². The Balaban J connectivity index is 1.60. The number of piperidine rings is 1. The van der Waals surface area contributed by atoms with Gasteiger partial charge in [0, 0.05) is 24.3 Å². The van der Waals surface area contributed by atoms with Crippen molar-refractivity contribution in [2.24, 2.45) is 0 Å². The first-order valence-corrected chi connectivity index (χ1v) is 10.0. The van der Waals surface area contributed by atoms with E-state index in [0.29, 0.717) is 18.8 Å². The number of aromatic nitrogens is 1. The van der Waals surface area contributed by atoms with Gasteiger partial charge >= 0.3 is 0 Å². The summed E-state index contributed by atoms with van der Waals surface area (Å²) >= 11 is 0. The van der Waals surface area contributed by atoms with E-state index in [1.54, 1.807) is 0 Å². The van der Waals surface area contributed by atoms with Crippen LogP contribution in [0.3, 0.4) is 0 Å². The van der Waals surface area contributed by atoms with E-state index in [-0.39, 0.29) is 18.2 Å². The molecule has 1 atom stereocenters. The number of rotatable bonds is 3. The standard InChI is InChI=1S/C22H27N3O3/c1-15-6-8-18(9-7-15)24-12-4-10-22(21(24)27)11-5-13-25(22)20(26)14-19-16(2)23-28-17(19)3/h6-9H,4-5,10-14H2,1-3H3. The van der Waals surface area contributed by atoms with Crippen LogP contribution in [-0.2, 0) is 16.0 Å². The molecule has 3 heterocycles. The molecule has 148 valence electrons. The molecular formula is C22H27N3O3. The molecule has 2 aromatic rings. The summed E-state index contributed by atoms with van der Waals surface area (Å²) in [6.45, 7) is 7.05. The van der Waals surface area contributed by atoms with Crippen molar-refractivity contribution in [1.29, 1.82) is 0 Å². The van der Waals surface area contributed by atoms with E-state index in [0.717, 1.165) is 42.6 Å². The van der Waals surface area contributed by atoms with E-state index in [1.807, 2.05) is 54.8 Å². The van der Waals surface area contributed by atoms with Crippen LogP contribution in [0.4, 0.5) is 5.69 Å². The molecule has 2 aliphatic rings. The molecule has 1 unspecified atom stereocenters. The van der Waals surface area contributed by atoms with Gasteiger partial charge in [-0.2, -0.15) is 0 Å². The van der Waals surface area contributed by atoms with E-state index in [2.05, 4.69) is 5.16 Å². The zero-order chi connectivity index (χ0) is 19.9. The molecule has 2 saturated heterocycles. The van der Waals surface area contributed by atoms with Gasteiger partial charge < -0.3 is 14.3 Å². The fourth-order valence-electron chi connectivity index (χ4n) is 4.69. The average Bonchev–Trinajstić information content (AvgIpc) is 3.24. The fourth-order valence-corrected chi connectivity index (χ4v) is 4.69. The second kappa shape index (κ2) is 7.08. The van der Waals surface area contributed by atoms with Gasteiger partial charge in [0.05, 0.1) is 12.1 Å². The van der Waals surface area contributed by atoms with Crippen LogP contribution >= 0.6 is 0 Å². The highest BCUT2D eigenvalue weighted by Crippen LogP contribution is 2.40. The van der Waals surface area contributed by atoms with Crippen LogP contribution in [-0.4, -0.2) is 40.5 Å². The van der Waals surface area contributed by atoms with Crippen LogP contribution in [0.1, 0.15) is 48.3 Å². The second-order valence-corrected chi connectivity index (χ2v) is 8.06. The third kappa shape index (κ3) is 3.01. The van der Waals surface area contributed by atoms with Gasteiger partial charge in [-0.05, 0) is 58.6 Å². The monoisotopic (exact) mass is 381 g/mol. The van der Waals surface area contributed by atoms with Gasteiger partial charge in [-0.15, -0.1) is 0 Å². The van der Waals surface area contributed by atoms with Crippen molar-refractivity contribution in [3.05, 3.63) is 46.8 Å². The van der Waals surface area contributed by atoms with Crippen molar-refractivity contribution in [3.8, 4) is 0 Å². The van der Waals surface area contributed by atoms with E-state index in [9.17, 15) is 9.59 Å². The van der Waals surface area contributed by atoms with Crippen LogP contribution in [0.25, 0.3) is 0 Å². The van der Waals surface area contributed by atoms with Crippen LogP contribution in [0.15, 0.2) is 28.8 Å². The first-order valence-electron chi connectivity index (χ1n) is 10.0. The number of nitrogens with zero attached hydrogens (tertiary/aromatic N) is 3. The highest BCUT2D eigenvalue weighted by molar-refractivity contribution is 6.03. The lowest BCUT2D eigenvalue weighted by Gasteiger charge is -2.44. The number of anilines is 1. The van der Waals surface area contributed by atoms with Crippen LogP contribution in [0.2, 0.25) is 0 Å². The van der Waals surface area contributed by atoms with Gasteiger partial charge in [0.2, 0.25) is 5.91 Å². The second-order valence-electron chi connectivity index (χ2n) is 8.06. The molecule has 0 aliphatic carbocycles. The van der Waals surface area contributed by atoms with Gasteiger partial charge in [-0.25, -0.2) is 0 Å². The Morgan fingerprint density at radius 1 is 1.11 bits per heavy atom. The van der Waals surface area contributed by atoms with Crippen molar-refractivity contribution in [3.63, 3.8) is 0 Å². The highest BCUT2D eigenvalue weighted by Gasteiger charge is 2.52. The smallest absolute Gasteiger partial charge is 0.252 e. The summed E-state index contributed by atoms with van der Waals surface area (Å²) in [6, 6.07) is 8.05. The molecule has 1 spiro atoms. The van der Waals surface area contributed by atoms with E-state index >= 15 is 0 Å². The lowest BCUT2D eigenvalue weighted by atomic mass is 9.84. The summed E-state index contributed by atoms with van der Waals surface area (Å²) in [5, 5.41) is 3.95. The van der Waals surface area contributed by atoms with Crippen molar-refractivity contribution in [2.75, 3.05) is 18.0 Å². The number of likely N-dealkylation sites (tertiary alicyclic amines) is 1. The molecular weight excluding hydrogens is 354 g/mol. The Morgan fingerprint density at radius 2 is 1.79 bits per heavy atom. The summed E-state index contributed by atoms with van der Waals surface area (Å²) in [4.78, 5) is 30.5. The number of amides is 2. The third-order valence-corrected chi connectivity index (χ3v) is 6.26. The summed E-state index contributed by atoms with van der Waals surface area (Å²) in [7, 11) is 0. The molecule has 0 N–H and O–H groups in total. The Bertz CT molecular complexity index is 883. The third-order valence-electron chi connectivity index (χ3n) is 6.26.